The summed E-state index contributed by atoms with van der Waals surface area (Å²) in [4.78, 5) is 2.52. The van der Waals surface area contributed by atoms with E-state index in [0.717, 1.165) is 29.8 Å². The summed E-state index contributed by atoms with van der Waals surface area (Å²) >= 11 is 1.78. The zero-order valence-corrected chi connectivity index (χ0v) is 17.4. The van der Waals surface area contributed by atoms with E-state index in [2.05, 4.69) is 81.2 Å². The van der Waals surface area contributed by atoms with Crippen LogP contribution in [0.1, 0.15) is 41.8 Å². The van der Waals surface area contributed by atoms with E-state index < -0.39 is 0 Å². The van der Waals surface area contributed by atoms with Crippen LogP contribution in [0.4, 0.5) is 0 Å². The van der Waals surface area contributed by atoms with Crippen molar-refractivity contribution >= 4 is 11.8 Å². The zero-order chi connectivity index (χ0) is 19.2. The highest BCUT2D eigenvalue weighted by Crippen LogP contribution is 2.24. The molecule has 146 valence electrons. The predicted molar refractivity (Wildman–Crippen MR) is 115 cm³/mol. The first-order valence-electron chi connectivity index (χ1n) is 10.1. The molecule has 0 radical (unpaired) electrons. The van der Waals surface area contributed by atoms with Gasteiger partial charge in [0.25, 0.3) is 0 Å². The summed E-state index contributed by atoms with van der Waals surface area (Å²) in [7, 11) is 0. The molecule has 0 bridgehead atoms. The van der Waals surface area contributed by atoms with Gasteiger partial charge in [0.1, 0.15) is 5.82 Å². The van der Waals surface area contributed by atoms with E-state index in [9.17, 15) is 0 Å². The summed E-state index contributed by atoms with van der Waals surface area (Å²) in [5, 5.41) is 10.2. The molecular weight excluding hydrogens is 364 g/mol. The molecule has 4 rings (SSSR count). The molecule has 4 nitrogen and oxygen atoms in total. The van der Waals surface area contributed by atoms with Gasteiger partial charge in [-0.3, -0.25) is 4.90 Å². The van der Waals surface area contributed by atoms with Crippen LogP contribution in [-0.4, -0.2) is 32.8 Å². The lowest BCUT2D eigenvalue weighted by molar-refractivity contribution is 0.213. The fourth-order valence-electron chi connectivity index (χ4n) is 3.73. The van der Waals surface area contributed by atoms with Gasteiger partial charge in [-0.25, -0.2) is 0 Å². The fourth-order valence-corrected chi connectivity index (χ4v) is 4.63. The van der Waals surface area contributed by atoms with Crippen LogP contribution < -0.4 is 0 Å². The Bertz CT molecular complexity index is 885. The highest BCUT2D eigenvalue weighted by Gasteiger charge is 2.18. The number of hydrogen-bond acceptors (Lipinski definition) is 4. The zero-order valence-electron chi connectivity index (χ0n) is 16.6. The Kier molecular flexibility index (Phi) is 6.45. The smallest absolute Gasteiger partial charge is 0.191 e. The number of nitrogens with zero attached hydrogens (tertiary/aromatic N) is 4. The summed E-state index contributed by atoms with van der Waals surface area (Å²) in [6.45, 7) is 6.20. The van der Waals surface area contributed by atoms with Crippen molar-refractivity contribution in [2.24, 2.45) is 0 Å². The molecule has 0 unspecified atom stereocenters. The number of benzene rings is 2. The minimum absolute atomic E-state index is 0.827. The number of aryl methyl sites for hydroxylation is 1. The molecule has 2 aromatic carbocycles. The Hall–Kier alpha value is -2.11. The molecule has 1 aliphatic heterocycles. The van der Waals surface area contributed by atoms with Gasteiger partial charge in [0.15, 0.2) is 5.16 Å². The minimum Gasteiger partial charge on any atom is -0.300 e. The minimum atomic E-state index is 0.827. The van der Waals surface area contributed by atoms with Crippen LogP contribution in [-0.2, 0) is 18.8 Å². The number of piperidine rings is 1. The van der Waals surface area contributed by atoms with Crippen molar-refractivity contribution in [3.63, 3.8) is 0 Å². The molecule has 0 amide bonds. The average molecular weight is 393 g/mol. The third-order valence-electron chi connectivity index (χ3n) is 5.24. The Morgan fingerprint density at radius 2 is 1.64 bits per heavy atom. The Morgan fingerprint density at radius 1 is 0.857 bits per heavy atom. The molecule has 0 N–H and O–H groups in total. The molecule has 3 aromatic rings. The Morgan fingerprint density at radius 3 is 2.43 bits per heavy atom. The maximum Gasteiger partial charge on any atom is 0.191 e. The second kappa shape index (κ2) is 9.39. The fraction of sp³-hybridized carbons (Fsp3) is 0.391. The molecule has 0 aliphatic carbocycles. The second-order valence-electron chi connectivity index (χ2n) is 7.59. The number of rotatable bonds is 7. The maximum absolute atomic E-state index is 4.59. The predicted octanol–water partition coefficient (Wildman–Crippen LogP) is 4.91. The van der Waals surface area contributed by atoms with E-state index in [0.29, 0.717) is 0 Å². The summed E-state index contributed by atoms with van der Waals surface area (Å²) < 4.78 is 2.31. The molecule has 0 saturated carbocycles. The van der Waals surface area contributed by atoms with Crippen molar-refractivity contribution in [1.82, 2.24) is 19.7 Å². The van der Waals surface area contributed by atoms with Crippen molar-refractivity contribution in [3.05, 3.63) is 77.1 Å². The molecule has 28 heavy (non-hydrogen) atoms. The lowest BCUT2D eigenvalue weighted by Crippen LogP contribution is -2.30. The van der Waals surface area contributed by atoms with Crippen molar-refractivity contribution in [3.8, 4) is 0 Å². The van der Waals surface area contributed by atoms with Crippen molar-refractivity contribution in [2.75, 3.05) is 13.1 Å². The number of hydrogen-bond donors (Lipinski definition) is 0. The first kappa shape index (κ1) is 19.2. The molecule has 1 fully saturated rings. The van der Waals surface area contributed by atoms with E-state index in [4.69, 9.17) is 0 Å². The van der Waals surface area contributed by atoms with E-state index in [1.54, 1.807) is 11.8 Å². The van der Waals surface area contributed by atoms with Crippen molar-refractivity contribution in [1.29, 1.82) is 0 Å². The van der Waals surface area contributed by atoms with Crippen LogP contribution in [0, 0.1) is 6.92 Å². The van der Waals surface area contributed by atoms with Gasteiger partial charge >= 0.3 is 0 Å². The topological polar surface area (TPSA) is 34.0 Å². The van der Waals surface area contributed by atoms with Gasteiger partial charge in [-0.15, -0.1) is 10.2 Å². The summed E-state index contributed by atoms with van der Waals surface area (Å²) in [6, 6.07) is 19.3. The average Bonchev–Trinajstić information content (AvgIpc) is 3.09. The molecule has 1 saturated heterocycles. The van der Waals surface area contributed by atoms with Crippen LogP contribution in [0.15, 0.2) is 59.8 Å². The summed E-state index contributed by atoms with van der Waals surface area (Å²) in [5.41, 5.74) is 3.92. The van der Waals surface area contributed by atoms with Crippen LogP contribution in [0.2, 0.25) is 0 Å². The summed E-state index contributed by atoms with van der Waals surface area (Å²) in [6.07, 6.45) is 3.94. The first-order chi connectivity index (χ1) is 13.8. The highest BCUT2D eigenvalue weighted by atomic mass is 32.2. The lowest BCUT2D eigenvalue weighted by atomic mass is 10.1. The van der Waals surface area contributed by atoms with E-state index >= 15 is 0 Å². The molecule has 0 spiro atoms. The molecular formula is C23H28N4S. The molecule has 2 heterocycles. The quantitative estimate of drug-likeness (QED) is 0.535. The Labute approximate surface area is 172 Å². The molecule has 5 heteroatoms. The van der Waals surface area contributed by atoms with Gasteiger partial charge in [-0.2, -0.15) is 0 Å². The lowest BCUT2D eigenvalue weighted by Gasteiger charge is -2.26. The monoisotopic (exact) mass is 392 g/mol. The molecule has 0 atom stereocenters. The first-order valence-corrected chi connectivity index (χ1v) is 11.1. The van der Waals surface area contributed by atoms with Gasteiger partial charge in [-0.05, 0) is 44.0 Å². The normalized spacial score (nSPS) is 15.0. The Balaban J connectivity index is 1.53. The van der Waals surface area contributed by atoms with Crippen molar-refractivity contribution < 1.29 is 0 Å². The maximum atomic E-state index is 4.59. The van der Waals surface area contributed by atoms with Crippen LogP contribution in [0.25, 0.3) is 0 Å². The van der Waals surface area contributed by atoms with Crippen LogP contribution in [0.5, 0.6) is 0 Å². The highest BCUT2D eigenvalue weighted by molar-refractivity contribution is 7.98. The van der Waals surface area contributed by atoms with Gasteiger partial charge < -0.3 is 4.57 Å². The third-order valence-corrected chi connectivity index (χ3v) is 6.28. The molecule has 1 aromatic heterocycles. The van der Waals surface area contributed by atoms with E-state index in [-0.39, 0.29) is 0 Å². The van der Waals surface area contributed by atoms with Crippen LogP contribution >= 0.6 is 11.8 Å². The molecule has 1 aliphatic rings. The van der Waals surface area contributed by atoms with Gasteiger partial charge in [0.05, 0.1) is 13.1 Å². The van der Waals surface area contributed by atoms with Gasteiger partial charge in [0, 0.05) is 5.75 Å². The van der Waals surface area contributed by atoms with E-state index in [1.165, 1.54) is 49.0 Å². The third kappa shape index (κ3) is 5.03. The largest absolute Gasteiger partial charge is 0.300 e. The standard InChI is InChI=1S/C23H28N4S/c1-19-9-8-12-21(15-19)18-28-23-25-24-22(17-26-13-6-3-7-14-26)27(23)16-20-10-4-2-5-11-20/h2,4-5,8-12,15H,3,6-7,13-14,16-18H2,1H3. The van der Waals surface area contributed by atoms with Crippen LogP contribution in [0.3, 0.4) is 0 Å². The number of aromatic nitrogens is 3. The van der Waals surface area contributed by atoms with E-state index in [1.807, 2.05) is 0 Å². The summed E-state index contributed by atoms with van der Waals surface area (Å²) in [5.74, 6) is 2.00. The van der Waals surface area contributed by atoms with Gasteiger partial charge in [0.2, 0.25) is 0 Å². The van der Waals surface area contributed by atoms with Crippen molar-refractivity contribution in [2.45, 2.75) is 50.2 Å². The second-order valence-corrected chi connectivity index (χ2v) is 8.53. The van der Waals surface area contributed by atoms with Gasteiger partial charge in [-0.1, -0.05) is 78.3 Å². The SMILES string of the molecule is Cc1cccc(CSc2nnc(CN3CCCCC3)n2Cc2ccccc2)c1. The number of likely N-dealkylation sites (tertiary alicyclic amines) is 1. The number of thioether (sulfide) groups is 1.